The van der Waals surface area contributed by atoms with Crippen LogP contribution < -0.4 is 22.1 Å². The number of hydrogen-bond acceptors (Lipinski definition) is 6. The average molecular weight is 470 g/mol. The Bertz CT molecular complexity index is 1100. The number of aromatic amines is 2. The Morgan fingerprint density at radius 2 is 1.79 bits per heavy atom. The van der Waals surface area contributed by atoms with E-state index in [0.29, 0.717) is 31.5 Å². The number of nitrogens with zero attached hydrogens (tertiary/aromatic N) is 1. The van der Waals surface area contributed by atoms with Gasteiger partial charge in [0.05, 0.1) is 12.4 Å². The lowest BCUT2D eigenvalue weighted by Gasteiger charge is -2.23. The van der Waals surface area contributed by atoms with Gasteiger partial charge in [-0.05, 0) is 43.9 Å². The summed E-state index contributed by atoms with van der Waals surface area (Å²) in [6, 6.07) is 4.70. The maximum Gasteiger partial charge on any atom is 0.326 e. The van der Waals surface area contributed by atoms with Crippen molar-refractivity contribution in [3.8, 4) is 0 Å². The van der Waals surface area contributed by atoms with E-state index in [9.17, 15) is 19.5 Å². The molecule has 3 aromatic rings. The molecule has 9 N–H and O–H groups in total. The van der Waals surface area contributed by atoms with Crippen LogP contribution in [0.5, 0.6) is 0 Å². The van der Waals surface area contributed by atoms with Crippen LogP contribution in [0.4, 0.5) is 0 Å². The molecule has 0 saturated heterocycles. The number of unbranched alkanes of at least 4 members (excludes halogenated alkanes) is 1. The van der Waals surface area contributed by atoms with Crippen molar-refractivity contribution < 1.29 is 19.5 Å². The normalized spacial score (nSPS) is 13.8. The van der Waals surface area contributed by atoms with Crippen molar-refractivity contribution in [2.75, 3.05) is 6.54 Å². The van der Waals surface area contributed by atoms with Crippen LogP contribution in [-0.2, 0) is 27.2 Å². The number of carbonyl (C=O) groups excluding carboxylic acids is 2. The van der Waals surface area contributed by atoms with E-state index >= 15 is 0 Å². The highest BCUT2D eigenvalue weighted by atomic mass is 16.4. The summed E-state index contributed by atoms with van der Waals surface area (Å²) in [7, 11) is 0. The van der Waals surface area contributed by atoms with Gasteiger partial charge in [-0.15, -0.1) is 0 Å². The van der Waals surface area contributed by atoms with Gasteiger partial charge >= 0.3 is 5.97 Å². The molecule has 11 heteroatoms. The largest absolute Gasteiger partial charge is 0.480 e. The number of aliphatic carboxylic acids is 1. The fourth-order valence-corrected chi connectivity index (χ4v) is 3.76. The van der Waals surface area contributed by atoms with E-state index in [0.717, 1.165) is 16.5 Å². The first-order chi connectivity index (χ1) is 16.4. The summed E-state index contributed by atoms with van der Waals surface area (Å²) in [6.45, 7) is 0.444. The highest BCUT2D eigenvalue weighted by molar-refractivity contribution is 5.92. The molecule has 0 bridgehead atoms. The Hall–Kier alpha value is -3.70. The number of hydrogen-bond donors (Lipinski definition) is 7. The zero-order valence-corrected chi connectivity index (χ0v) is 18.8. The second kappa shape index (κ2) is 12.0. The van der Waals surface area contributed by atoms with Crippen molar-refractivity contribution >= 4 is 28.7 Å². The zero-order valence-electron chi connectivity index (χ0n) is 18.8. The molecule has 0 saturated carbocycles. The second-order valence-electron chi connectivity index (χ2n) is 8.20. The van der Waals surface area contributed by atoms with E-state index in [-0.39, 0.29) is 12.8 Å². The molecule has 0 aliphatic carbocycles. The maximum atomic E-state index is 12.9. The molecule has 0 aliphatic rings. The van der Waals surface area contributed by atoms with Crippen molar-refractivity contribution in [2.24, 2.45) is 11.5 Å². The van der Waals surface area contributed by atoms with E-state index in [1.807, 2.05) is 30.5 Å². The smallest absolute Gasteiger partial charge is 0.326 e. The van der Waals surface area contributed by atoms with Gasteiger partial charge in [0.15, 0.2) is 0 Å². The molecule has 2 amide bonds. The van der Waals surface area contributed by atoms with E-state index in [2.05, 4.69) is 25.6 Å². The second-order valence-corrected chi connectivity index (χ2v) is 8.20. The fourth-order valence-electron chi connectivity index (χ4n) is 3.76. The molecule has 3 atom stereocenters. The quantitative estimate of drug-likeness (QED) is 0.174. The highest BCUT2D eigenvalue weighted by Crippen LogP contribution is 2.19. The summed E-state index contributed by atoms with van der Waals surface area (Å²) in [5.41, 5.74) is 14.1. The summed E-state index contributed by atoms with van der Waals surface area (Å²) in [6.07, 6.45) is 6.62. The summed E-state index contributed by atoms with van der Waals surface area (Å²) in [5.74, 6) is -2.26. The van der Waals surface area contributed by atoms with Gasteiger partial charge in [-0.25, -0.2) is 9.78 Å². The minimum absolute atomic E-state index is 0.0324. The van der Waals surface area contributed by atoms with Crippen molar-refractivity contribution in [3.05, 3.63) is 54.2 Å². The fraction of sp³-hybridized carbons (Fsp3) is 0.391. The van der Waals surface area contributed by atoms with Crippen LogP contribution in [0.2, 0.25) is 0 Å². The number of nitrogens with two attached hydrogens (primary N) is 2. The first-order valence-corrected chi connectivity index (χ1v) is 11.2. The molecule has 0 spiro atoms. The Balaban J connectivity index is 1.65. The number of nitrogens with one attached hydrogen (secondary N) is 4. The van der Waals surface area contributed by atoms with Gasteiger partial charge in [0.25, 0.3) is 0 Å². The van der Waals surface area contributed by atoms with Crippen molar-refractivity contribution in [1.82, 2.24) is 25.6 Å². The lowest BCUT2D eigenvalue weighted by Crippen LogP contribution is -2.55. The van der Waals surface area contributed by atoms with Gasteiger partial charge in [-0.1, -0.05) is 18.2 Å². The van der Waals surface area contributed by atoms with Crippen LogP contribution in [-0.4, -0.2) is 62.5 Å². The number of fused-ring (bicyclic) bond motifs is 1. The lowest BCUT2D eigenvalue weighted by molar-refractivity contribution is -0.142. The Kier molecular flexibility index (Phi) is 8.77. The lowest BCUT2D eigenvalue weighted by atomic mass is 10.0. The number of aromatic nitrogens is 3. The standard InChI is InChI=1S/C23H31N7O4/c24-8-4-3-7-19(22(32)30-20(23(33)34)10-15-12-26-13-28-15)29-21(31)17(25)9-14-11-27-18-6-2-1-5-16(14)18/h1-2,5-6,11-13,17,19-20,27H,3-4,7-10,24-25H2,(H,26,28)(H,29,31)(H,30,32)(H,33,34)/t17-,19-,20-/m0/s1. The zero-order chi connectivity index (χ0) is 24.5. The third kappa shape index (κ3) is 6.65. The Morgan fingerprint density at radius 3 is 2.50 bits per heavy atom. The molecule has 2 heterocycles. The van der Waals surface area contributed by atoms with Crippen LogP contribution in [0.15, 0.2) is 43.0 Å². The molecule has 0 radical (unpaired) electrons. The van der Waals surface area contributed by atoms with Gasteiger partial charge in [-0.3, -0.25) is 9.59 Å². The molecule has 11 nitrogen and oxygen atoms in total. The van der Waals surface area contributed by atoms with Gasteiger partial charge in [-0.2, -0.15) is 0 Å². The van der Waals surface area contributed by atoms with Gasteiger partial charge in [0, 0.05) is 35.4 Å². The van der Waals surface area contributed by atoms with E-state index in [4.69, 9.17) is 11.5 Å². The first kappa shape index (κ1) is 24.9. The molecule has 1 aromatic carbocycles. The highest BCUT2D eigenvalue weighted by Gasteiger charge is 2.28. The number of rotatable bonds is 13. The molecule has 2 aromatic heterocycles. The molecule has 0 unspecified atom stereocenters. The van der Waals surface area contributed by atoms with Crippen molar-refractivity contribution in [3.63, 3.8) is 0 Å². The number of carboxylic acids is 1. The van der Waals surface area contributed by atoms with Crippen LogP contribution in [0.1, 0.15) is 30.5 Å². The van der Waals surface area contributed by atoms with Crippen LogP contribution in [0, 0.1) is 0 Å². The number of amides is 2. The van der Waals surface area contributed by atoms with Crippen LogP contribution >= 0.6 is 0 Å². The number of H-pyrrole nitrogens is 2. The average Bonchev–Trinajstić information content (AvgIpc) is 3.48. The number of imidazole rings is 1. The molecule has 0 fully saturated rings. The van der Waals surface area contributed by atoms with Gasteiger partial charge < -0.3 is 37.2 Å². The number of carboxylic acid groups (broad SMARTS) is 1. The Labute approximate surface area is 196 Å². The van der Waals surface area contributed by atoms with Crippen molar-refractivity contribution in [2.45, 2.75) is 50.2 Å². The third-order valence-corrected chi connectivity index (χ3v) is 5.62. The minimum Gasteiger partial charge on any atom is -0.480 e. The van der Waals surface area contributed by atoms with E-state index in [1.165, 1.54) is 12.5 Å². The van der Waals surface area contributed by atoms with Gasteiger partial charge in [0.2, 0.25) is 11.8 Å². The Morgan fingerprint density at radius 1 is 1.03 bits per heavy atom. The summed E-state index contributed by atoms with van der Waals surface area (Å²) in [5, 5.41) is 15.7. The summed E-state index contributed by atoms with van der Waals surface area (Å²) < 4.78 is 0. The summed E-state index contributed by atoms with van der Waals surface area (Å²) in [4.78, 5) is 47.3. The molecule has 34 heavy (non-hydrogen) atoms. The van der Waals surface area contributed by atoms with Crippen LogP contribution in [0.25, 0.3) is 10.9 Å². The van der Waals surface area contributed by atoms with Crippen LogP contribution in [0.3, 0.4) is 0 Å². The molecule has 182 valence electrons. The third-order valence-electron chi connectivity index (χ3n) is 5.62. The van der Waals surface area contributed by atoms with Gasteiger partial charge in [0.1, 0.15) is 12.1 Å². The molecular weight excluding hydrogens is 438 g/mol. The maximum absolute atomic E-state index is 12.9. The van der Waals surface area contributed by atoms with E-state index < -0.39 is 35.9 Å². The predicted octanol–water partition coefficient (Wildman–Crippen LogP) is 0.187. The first-order valence-electron chi connectivity index (χ1n) is 11.2. The minimum atomic E-state index is -1.19. The SMILES string of the molecule is NCCCC[C@H](NC(=O)[C@@H](N)Cc1c[nH]c2ccccc12)C(=O)N[C@@H](Cc1cnc[nH]1)C(=O)O. The number of para-hydroxylation sites is 1. The van der Waals surface area contributed by atoms with Crippen molar-refractivity contribution in [1.29, 1.82) is 0 Å². The molecule has 3 rings (SSSR count). The van der Waals surface area contributed by atoms with E-state index in [1.54, 1.807) is 0 Å². The monoisotopic (exact) mass is 469 g/mol. The predicted molar refractivity (Wildman–Crippen MR) is 127 cm³/mol. The molecule has 0 aliphatic heterocycles. The topological polar surface area (TPSA) is 192 Å². The number of carbonyl (C=O) groups is 3. The number of benzene rings is 1. The molecular formula is C23H31N7O4. The summed E-state index contributed by atoms with van der Waals surface area (Å²) >= 11 is 0.